The van der Waals surface area contributed by atoms with Gasteiger partial charge in [-0.25, -0.2) is 0 Å². The largest absolute Gasteiger partial charge is 0.497 e. The topological polar surface area (TPSA) is 69.7 Å². The van der Waals surface area contributed by atoms with Gasteiger partial charge in [0.25, 0.3) is 5.91 Å². The van der Waals surface area contributed by atoms with Crippen LogP contribution in [0.1, 0.15) is 15.9 Å². The molecule has 0 aliphatic rings. The second-order valence-electron chi connectivity index (χ2n) is 7.14. The van der Waals surface area contributed by atoms with E-state index >= 15 is 0 Å². The number of carbonyl (C=O) groups excluding carboxylic acids is 1. The molecule has 3 aromatic carbocycles. The highest BCUT2D eigenvalue weighted by molar-refractivity contribution is 5.94. The first-order chi connectivity index (χ1) is 15.7. The molecule has 0 bridgehead atoms. The van der Waals surface area contributed by atoms with E-state index in [0.717, 1.165) is 28.0 Å². The highest BCUT2D eigenvalue weighted by Crippen LogP contribution is 2.29. The van der Waals surface area contributed by atoms with Gasteiger partial charge >= 0.3 is 0 Å². The molecule has 4 rings (SSSR count). The number of methoxy groups -OCH3 is 2. The van der Waals surface area contributed by atoms with Crippen molar-refractivity contribution in [3.63, 3.8) is 0 Å². The Morgan fingerprint density at radius 2 is 1.75 bits per heavy atom. The smallest absolute Gasteiger partial charge is 0.251 e. The van der Waals surface area contributed by atoms with Crippen molar-refractivity contribution < 1.29 is 19.0 Å². The zero-order chi connectivity index (χ0) is 22.3. The van der Waals surface area contributed by atoms with Gasteiger partial charge in [-0.3, -0.25) is 9.78 Å². The van der Waals surface area contributed by atoms with Crippen molar-refractivity contribution in [1.82, 2.24) is 10.3 Å². The summed E-state index contributed by atoms with van der Waals surface area (Å²) >= 11 is 0. The van der Waals surface area contributed by atoms with Gasteiger partial charge in [-0.2, -0.15) is 0 Å². The molecule has 0 fully saturated rings. The third-order valence-corrected chi connectivity index (χ3v) is 5.10. The van der Waals surface area contributed by atoms with Crippen LogP contribution in [0.25, 0.3) is 10.9 Å². The molecule has 6 nitrogen and oxygen atoms in total. The number of para-hydroxylation sites is 1. The fourth-order valence-corrected chi connectivity index (χ4v) is 3.48. The molecular weight excluding hydrogens is 404 g/mol. The summed E-state index contributed by atoms with van der Waals surface area (Å²) in [7, 11) is 3.25. The van der Waals surface area contributed by atoms with E-state index in [9.17, 15) is 4.79 Å². The molecule has 1 aromatic heterocycles. The Kier molecular flexibility index (Phi) is 6.51. The van der Waals surface area contributed by atoms with Crippen LogP contribution in [-0.4, -0.2) is 31.7 Å². The van der Waals surface area contributed by atoms with Gasteiger partial charge in [0, 0.05) is 23.7 Å². The van der Waals surface area contributed by atoms with E-state index < -0.39 is 0 Å². The molecule has 0 saturated heterocycles. The minimum atomic E-state index is -0.170. The minimum Gasteiger partial charge on any atom is -0.497 e. The Morgan fingerprint density at radius 1 is 0.875 bits per heavy atom. The predicted octanol–water partition coefficient (Wildman–Crippen LogP) is 5.02. The zero-order valence-corrected chi connectivity index (χ0v) is 18.0. The highest BCUT2D eigenvalue weighted by atomic mass is 16.5. The summed E-state index contributed by atoms with van der Waals surface area (Å²) in [5, 5.41) is 3.87. The number of hydrogen-bond acceptors (Lipinski definition) is 5. The number of benzene rings is 3. The van der Waals surface area contributed by atoms with Crippen LogP contribution < -0.4 is 19.5 Å². The Hall–Kier alpha value is -4.06. The number of rotatable bonds is 8. The van der Waals surface area contributed by atoms with E-state index in [1.165, 1.54) is 0 Å². The normalized spacial score (nSPS) is 10.6. The molecule has 4 aromatic rings. The lowest BCUT2D eigenvalue weighted by molar-refractivity contribution is 0.0953. The maximum Gasteiger partial charge on any atom is 0.251 e. The summed E-state index contributed by atoms with van der Waals surface area (Å²) in [4.78, 5) is 17.0. The number of aromatic nitrogens is 1. The van der Waals surface area contributed by atoms with E-state index in [0.29, 0.717) is 30.0 Å². The molecule has 0 aliphatic carbocycles. The Bertz CT molecular complexity index is 1230. The molecular formula is C26H24N2O4. The Morgan fingerprint density at radius 3 is 2.59 bits per heavy atom. The second-order valence-corrected chi connectivity index (χ2v) is 7.14. The fraction of sp³-hybridized carbons (Fsp3) is 0.154. The molecule has 0 unspecified atom stereocenters. The fourth-order valence-electron chi connectivity index (χ4n) is 3.48. The van der Waals surface area contributed by atoms with E-state index in [1.54, 1.807) is 38.6 Å². The van der Waals surface area contributed by atoms with Crippen molar-refractivity contribution in [3.8, 4) is 23.0 Å². The van der Waals surface area contributed by atoms with Crippen molar-refractivity contribution in [1.29, 1.82) is 0 Å². The van der Waals surface area contributed by atoms with E-state index in [2.05, 4.69) is 10.3 Å². The van der Waals surface area contributed by atoms with Crippen LogP contribution in [0.5, 0.6) is 23.0 Å². The second kappa shape index (κ2) is 9.83. The predicted molar refractivity (Wildman–Crippen MR) is 124 cm³/mol. The number of pyridine rings is 1. The SMILES string of the molecule is COc1ccc(OC)c(CCNC(=O)c2cccc(Oc3ccnc4ccccc34)c2)c1. The van der Waals surface area contributed by atoms with Crippen molar-refractivity contribution in [3.05, 3.63) is 90.1 Å². The maximum absolute atomic E-state index is 12.7. The molecule has 1 heterocycles. The first-order valence-electron chi connectivity index (χ1n) is 10.3. The summed E-state index contributed by atoms with van der Waals surface area (Å²) < 4.78 is 16.7. The zero-order valence-electron chi connectivity index (χ0n) is 18.0. The number of amides is 1. The van der Waals surface area contributed by atoms with Crippen LogP contribution in [0.15, 0.2) is 79.0 Å². The van der Waals surface area contributed by atoms with Gasteiger partial charge in [0.2, 0.25) is 0 Å². The van der Waals surface area contributed by atoms with Gasteiger partial charge in [-0.05, 0) is 66.6 Å². The minimum absolute atomic E-state index is 0.170. The van der Waals surface area contributed by atoms with Gasteiger partial charge in [-0.1, -0.05) is 18.2 Å². The van der Waals surface area contributed by atoms with Crippen LogP contribution in [0.3, 0.4) is 0 Å². The number of nitrogens with one attached hydrogen (secondary N) is 1. The molecule has 0 radical (unpaired) electrons. The Labute approximate surface area is 186 Å². The molecule has 0 spiro atoms. The lowest BCUT2D eigenvalue weighted by Gasteiger charge is -2.12. The summed E-state index contributed by atoms with van der Waals surface area (Å²) in [5.74, 6) is 2.62. The number of hydrogen-bond donors (Lipinski definition) is 1. The molecule has 6 heteroatoms. The summed E-state index contributed by atoms with van der Waals surface area (Å²) in [6.07, 6.45) is 2.33. The van der Waals surface area contributed by atoms with Crippen molar-refractivity contribution in [2.75, 3.05) is 20.8 Å². The van der Waals surface area contributed by atoms with Crippen LogP contribution in [0, 0.1) is 0 Å². The van der Waals surface area contributed by atoms with Crippen LogP contribution in [-0.2, 0) is 6.42 Å². The Balaban J connectivity index is 1.43. The quantitative estimate of drug-likeness (QED) is 0.427. The van der Waals surface area contributed by atoms with Gasteiger partial charge < -0.3 is 19.5 Å². The van der Waals surface area contributed by atoms with Crippen molar-refractivity contribution in [2.45, 2.75) is 6.42 Å². The van der Waals surface area contributed by atoms with Crippen LogP contribution in [0.4, 0.5) is 0 Å². The number of carbonyl (C=O) groups is 1. The van der Waals surface area contributed by atoms with Gasteiger partial charge in [-0.15, -0.1) is 0 Å². The average Bonchev–Trinajstić information content (AvgIpc) is 2.84. The molecule has 1 amide bonds. The highest BCUT2D eigenvalue weighted by Gasteiger charge is 2.10. The van der Waals surface area contributed by atoms with Gasteiger partial charge in [0.15, 0.2) is 0 Å². The number of ether oxygens (including phenoxy) is 3. The summed E-state index contributed by atoms with van der Waals surface area (Å²) in [6, 6.07) is 22.3. The van der Waals surface area contributed by atoms with E-state index in [4.69, 9.17) is 14.2 Å². The molecule has 1 N–H and O–H groups in total. The van der Waals surface area contributed by atoms with Crippen molar-refractivity contribution in [2.24, 2.45) is 0 Å². The van der Waals surface area contributed by atoms with Gasteiger partial charge in [0.05, 0.1) is 19.7 Å². The lowest BCUT2D eigenvalue weighted by atomic mass is 10.1. The monoisotopic (exact) mass is 428 g/mol. The number of fused-ring (bicyclic) bond motifs is 1. The van der Waals surface area contributed by atoms with Crippen LogP contribution in [0.2, 0.25) is 0 Å². The maximum atomic E-state index is 12.7. The standard InChI is InChI=1S/C26H24N2O4/c1-30-20-10-11-24(31-2)18(16-20)12-14-28-26(29)19-6-5-7-21(17-19)32-25-13-15-27-23-9-4-3-8-22(23)25/h3-11,13,15-17H,12,14H2,1-2H3,(H,28,29). The van der Waals surface area contributed by atoms with Crippen molar-refractivity contribution >= 4 is 16.8 Å². The van der Waals surface area contributed by atoms with Crippen LogP contribution >= 0.6 is 0 Å². The third kappa shape index (κ3) is 4.81. The number of nitrogens with zero attached hydrogens (tertiary/aromatic N) is 1. The molecule has 0 saturated carbocycles. The molecule has 162 valence electrons. The lowest BCUT2D eigenvalue weighted by Crippen LogP contribution is -2.25. The summed E-state index contributed by atoms with van der Waals surface area (Å²) in [5.41, 5.74) is 2.35. The average molecular weight is 428 g/mol. The molecule has 32 heavy (non-hydrogen) atoms. The first kappa shape index (κ1) is 21.2. The van der Waals surface area contributed by atoms with E-state index in [-0.39, 0.29) is 5.91 Å². The third-order valence-electron chi connectivity index (χ3n) is 5.10. The van der Waals surface area contributed by atoms with Gasteiger partial charge in [0.1, 0.15) is 23.0 Å². The first-order valence-corrected chi connectivity index (χ1v) is 10.3. The van der Waals surface area contributed by atoms with E-state index in [1.807, 2.05) is 54.6 Å². The molecule has 0 atom stereocenters. The molecule has 0 aliphatic heterocycles. The summed E-state index contributed by atoms with van der Waals surface area (Å²) in [6.45, 7) is 0.461.